The summed E-state index contributed by atoms with van der Waals surface area (Å²) >= 11 is 4.39. The zero-order chi connectivity index (χ0) is 21.6. The number of ketones is 1. The first kappa shape index (κ1) is 25.9. The second-order valence-corrected chi connectivity index (χ2v) is 14.4. The fourth-order valence-corrected chi connectivity index (χ4v) is 2.90. The summed E-state index contributed by atoms with van der Waals surface area (Å²) in [5.74, 6) is 1.38. The van der Waals surface area contributed by atoms with Crippen molar-refractivity contribution >= 4 is 28.4 Å². The van der Waals surface area contributed by atoms with Crippen LogP contribution in [0.25, 0.3) is 0 Å². The van der Waals surface area contributed by atoms with Gasteiger partial charge in [0, 0.05) is 30.1 Å². The number of benzene rings is 1. The summed E-state index contributed by atoms with van der Waals surface area (Å²) in [5.41, 5.74) is 0.156. The highest BCUT2D eigenvalue weighted by molar-refractivity contribution is 14.1. The Morgan fingerprint density at radius 1 is 0.929 bits per heavy atom. The van der Waals surface area contributed by atoms with E-state index in [2.05, 4.69) is 60.9 Å². The van der Waals surface area contributed by atoms with Crippen LogP contribution in [0.15, 0.2) is 18.2 Å². The van der Waals surface area contributed by atoms with Gasteiger partial charge in [0.25, 0.3) is 22.6 Å². The van der Waals surface area contributed by atoms with Gasteiger partial charge in [-0.2, -0.15) is 0 Å². The fraction of sp³-hybridized carbons (Fsp3) is 0.667. The van der Waals surface area contributed by atoms with Gasteiger partial charge in [0.15, 0.2) is 5.78 Å². The number of alkyl halides is 2. The molecule has 0 unspecified atom stereocenters. The fourth-order valence-electron chi connectivity index (χ4n) is 2.34. The summed E-state index contributed by atoms with van der Waals surface area (Å²) in [6, 6.07) is 5.47. The molecule has 0 saturated carbocycles. The number of Topliss-reactive ketones (excluding diaryl/α,β-unsaturated/α-hetero) is 1. The van der Waals surface area contributed by atoms with Gasteiger partial charge in [0.1, 0.15) is 24.7 Å². The number of rotatable bonds is 11. The van der Waals surface area contributed by atoms with Crippen molar-refractivity contribution < 1.29 is 36.9 Å². The number of carbonyl (C=O) groups excluding carboxylic acids is 1. The Kier molecular flexibility index (Phi) is 9.96. The molecule has 0 atom stereocenters. The predicted molar refractivity (Wildman–Crippen MR) is 121 cm³/mol. The van der Waals surface area contributed by atoms with Gasteiger partial charge in [-0.25, -0.2) is 0 Å². The largest absolute Gasteiger partial charge is 0.492 e. The van der Waals surface area contributed by atoms with Crippen molar-refractivity contribution in [2.75, 3.05) is 26.3 Å². The summed E-state index contributed by atoms with van der Waals surface area (Å²) < 4.78 is 11.9. The smallest absolute Gasteiger partial charge is 0.275 e. The van der Waals surface area contributed by atoms with Crippen molar-refractivity contribution in [2.45, 2.75) is 55.6 Å². The summed E-state index contributed by atoms with van der Waals surface area (Å²) in [6.07, 6.45) is 0. The average molecular weight is 617 g/mol. The molecule has 0 amide bonds. The molecule has 2 N–H and O–H groups in total. The van der Waals surface area contributed by atoms with Crippen molar-refractivity contribution in [3.05, 3.63) is 23.8 Å². The van der Waals surface area contributed by atoms with E-state index in [1.807, 2.05) is 61.6 Å². The SMILES string of the molecule is CC(C)(I)NCCOc1cc(OCCNC(C)(C)[IH+])cc(C(=O)C(C)(C)C)c1. The van der Waals surface area contributed by atoms with Crippen molar-refractivity contribution in [3.63, 3.8) is 0 Å². The Morgan fingerprint density at radius 2 is 1.39 bits per heavy atom. The van der Waals surface area contributed by atoms with Crippen LogP contribution >= 0.6 is 22.6 Å². The number of halogens is 2. The van der Waals surface area contributed by atoms with Crippen LogP contribution in [0.1, 0.15) is 58.8 Å². The molecule has 1 aromatic carbocycles. The summed E-state index contributed by atoms with van der Waals surface area (Å²) in [5, 5.41) is 6.78. The van der Waals surface area contributed by atoms with Gasteiger partial charge in [0.05, 0.1) is 3.55 Å². The summed E-state index contributed by atoms with van der Waals surface area (Å²) in [7, 11) is 0. The minimum Gasteiger partial charge on any atom is -0.492 e. The first-order chi connectivity index (χ1) is 12.7. The molecule has 0 spiro atoms. The lowest BCUT2D eigenvalue weighted by Crippen LogP contribution is -3.44. The Bertz CT molecular complexity index is 604. The Balaban J connectivity index is 2.84. The Hall–Kier alpha value is -0.130. The molecule has 0 fully saturated rings. The first-order valence-electron chi connectivity index (χ1n) is 9.52. The third kappa shape index (κ3) is 11.2. The van der Waals surface area contributed by atoms with Crippen molar-refractivity contribution in [3.8, 4) is 11.5 Å². The first-order valence-corrected chi connectivity index (χ1v) is 11.8. The van der Waals surface area contributed by atoms with Gasteiger partial charge in [-0.05, 0) is 39.8 Å². The standard InChI is InChI=1S/C21H35I2N2O3/c1-19(2,3)18(26)15-12-16(27-10-8-24-20(4,5)22)14-17(13-15)28-11-9-25-21(6,7)23/h12-14,22,24-25H,8-11H2,1-7H3/q+1. The van der Waals surface area contributed by atoms with Gasteiger partial charge in [-0.15, -0.1) is 0 Å². The zero-order valence-electron chi connectivity index (χ0n) is 18.1. The minimum atomic E-state index is -0.462. The summed E-state index contributed by atoms with van der Waals surface area (Å²) in [4.78, 5) is 12.8. The van der Waals surface area contributed by atoms with E-state index in [0.29, 0.717) is 30.3 Å². The molecule has 1 aromatic rings. The molecule has 28 heavy (non-hydrogen) atoms. The lowest BCUT2D eigenvalue weighted by Gasteiger charge is -2.20. The highest BCUT2D eigenvalue weighted by Crippen LogP contribution is 2.28. The van der Waals surface area contributed by atoms with Crippen LogP contribution < -0.4 is 42.7 Å². The van der Waals surface area contributed by atoms with Gasteiger partial charge in [0.2, 0.25) is 3.55 Å². The number of hydrogen-bond acceptors (Lipinski definition) is 5. The van der Waals surface area contributed by atoms with Gasteiger partial charge in [-0.1, -0.05) is 43.4 Å². The van der Waals surface area contributed by atoms with Gasteiger partial charge in [-0.3, -0.25) is 10.1 Å². The molecule has 0 aromatic heterocycles. The normalized spacial score (nSPS) is 12.8. The molecule has 0 aliphatic heterocycles. The van der Waals surface area contributed by atoms with E-state index < -0.39 is 5.41 Å². The van der Waals surface area contributed by atoms with E-state index in [1.165, 1.54) is 0 Å². The zero-order valence-corrected chi connectivity index (χ0v) is 22.6. The third-order valence-corrected chi connectivity index (χ3v) is 4.45. The quantitative estimate of drug-likeness (QED) is 0.128. The Labute approximate surface area is 197 Å². The molecule has 0 heterocycles. The summed E-state index contributed by atoms with van der Waals surface area (Å²) in [6.45, 7) is 16.7. The number of carbonyl (C=O) groups is 1. The lowest BCUT2D eigenvalue weighted by molar-refractivity contribution is -0.475. The molecule has 0 radical (unpaired) electrons. The van der Waals surface area contributed by atoms with E-state index >= 15 is 0 Å². The van der Waals surface area contributed by atoms with Crippen molar-refractivity contribution in [1.29, 1.82) is 0 Å². The Morgan fingerprint density at radius 3 is 1.79 bits per heavy atom. The molecule has 160 valence electrons. The van der Waals surface area contributed by atoms with E-state index in [4.69, 9.17) is 9.47 Å². The van der Waals surface area contributed by atoms with Crippen LogP contribution in [0.4, 0.5) is 0 Å². The third-order valence-electron chi connectivity index (χ3n) is 3.66. The van der Waals surface area contributed by atoms with Gasteiger partial charge < -0.3 is 14.8 Å². The minimum absolute atomic E-state index is 0.0136. The number of ether oxygens (including phenoxy) is 2. The predicted octanol–water partition coefficient (Wildman–Crippen LogP) is 1.05. The van der Waals surface area contributed by atoms with Gasteiger partial charge >= 0.3 is 0 Å². The van der Waals surface area contributed by atoms with E-state index in [1.54, 1.807) is 0 Å². The monoisotopic (exact) mass is 617 g/mol. The van der Waals surface area contributed by atoms with Crippen LogP contribution in [0.5, 0.6) is 11.5 Å². The second kappa shape index (κ2) is 10.8. The molecule has 0 aliphatic rings. The van der Waals surface area contributed by atoms with E-state index in [-0.39, 0.29) is 12.9 Å². The molecule has 0 bridgehead atoms. The van der Waals surface area contributed by atoms with Crippen molar-refractivity contribution in [1.82, 2.24) is 10.6 Å². The van der Waals surface area contributed by atoms with Crippen molar-refractivity contribution in [2.24, 2.45) is 5.41 Å². The van der Waals surface area contributed by atoms with Crippen LogP contribution in [0, 0.1) is 5.41 Å². The second-order valence-electron chi connectivity index (χ2n) is 8.81. The highest BCUT2D eigenvalue weighted by atomic mass is 127. The van der Waals surface area contributed by atoms with E-state index in [0.717, 1.165) is 13.1 Å². The maximum Gasteiger partial charge on any atom is 0.275 e. The molecule has 5 nitrogen and oxygen atoms in total. The topological polar surface area (TPSA) is 59.6 Å². The van der Waals surface area contributed by atoms with Crippen LogP contribution in [0.2, 0.25) is 0 Å². The van der Waals surface area contributed by atoms with Crippen LogP contribution in [-0.4, -0.2) is 39.2 Å². The highest BCUT2D eigenvalue weighted by Gasteiger charge is 2.24. The maximum absolute atomic E-state index is 12.8. The maximum atomic E-state index is 12.8. The molecule has 1 rings (SSSR count). The van der Waals surface area contributed by atoms with Crippen LogP contribution in [-0.2, 0) is 0 Å². The van der Waals surface area contributed by atoms with E-state index in [9.17, 15) is 4.79 Å². The molecular weight excluding hydrogens is 582 g/mol. The molecule has 7 heteroatoms. The average Bonchev–Trinajstić information content (AvgIpc) is 2.52. The number of hydrogen-bond donors (Lipinski definition) is 2. The number of nitrogens with one attached hydrogen (secondary N) is 2. The van der Waals surface area contributed by atoms with Crippen LogP contribution in [0.3, 0.4) is 0 Å². The molecule has 0 aliphatic carbocycles. The molecule has 0 saturated heterocycles. The molecular formula is C21H35I2N2O3+. The lowest BCUT2D eigenvalue weighted by atomic mass is 9.86.